The minimum atomic E-state index is -3.31. The first-order chi connectivity index (χ1) is 10.7. The minimum Gasteiger partial charge on any atom is -0.495 e. The SMILES string of the molecule is COc1cc(C(C)NC(C)c2ccc(C)o2)ccc1S(C)(=O)=O. The van der Waals surface area contributed by atoms with Crippen molar-refractivity contribution in [3.63, 3.8) is 0 Å². The lowest BCUT2D eigenvalue weighted by molar-refractivity contribution is 0.387. The van der Waals surface area contributed by atoms with Gasteiger partial charge in [0, 0.05) is 12.3 Å². The van der Waals surface area contributed by atoms with Crippen LogP contribution in [0.4, 0.5) is 0 Å². The zero-order valence-corrected chi connectivity index (χ0v) is 14.9. The molecule has 23 heavy (non-hydrogen) atoms. The van der Waals surface area contributed by atoms with Crippen LogP contribution in [0.3, 0.4) is 0 Å². The number of hydrogen-bond acceptors (Lipinski definition) is 5. The summed E-state index contributed by atoms with van der Waals surface area (Å²) in [6.45, 7) is 5.95. The number of ether oxygens (including phenoxy) is 1. The highest BCUT2D eigenvalue weighted by Gasteiger charge is 2.18. The Kier molecular flexibility index (Phi) is 5.16. The molecular formula is C17H23NO4S. The highest BCUT2D eigenvalue weighted by atomic mass is 32.2. The maximum absolute atomic E-state index is 11.8. The Hall–Kier alpha value is -1.79. The van der Waals surface area contributed by atoms with Gasteiger partial charge in [-0.05, 0) is 50.6 Å². The molecule has 1 heterocycles. The van der Waals surface area contributed by atoms with Gasteiger partial charge in [0.1, 0.15) is 22.2 Å². The average molecular weight is 337 g/mol. The van der Waals surface area contributed by atoms with Gasteiger partial charge in [-0.3, -0.25) is 0 Å². The summed E-state index contributed by atoms with van der Waals surface area (Å²) < 4.78 is 34.4. The third-order valence-corrected chi connectivity index (χ3v) is 4.91. The fraction of sp³-hybridized carbons (Fsp3) is 0.412. The van der Waals surface area contributed by atoms with Gasteiger partial charge in [0.25, 0.3) is 0 Å². The van der Waals surface area contributed by atoms with E-state index < -0.39 is 9.84 Å². The molecule has 0 aliphatic carbocycles. The second-order valence-corrected chi connectivity index (χ2v) is 7.73. The van der Waals surface area contributed by atoms with Crippen molar-refractivity contribution >= 4 is 9.84 Å². The standard InChI is InChI=1S/C17H23NO4S/c1-11-6-8-15(22-11)13(3)18-12(2)14-7-9-17(23(5,19)20)16(10-14)21-4/h6-10,12-13,18H,1-5H3. The van der Waals surface area contributed by atoms with Crippen LogP contribution in [0.5, 0.6) is 5.75 Å². The molecule has 1 N–H and O–H groups in total. The van der Waals surface area contributed by atoms with E-state index in [0.29, 0.717) is 5.75 Å². The predicted molar refractivity (Wildman–Crippen MR) is 89.5 cm³/mol. The van der Waals surface area contributed by atoms with Crippen LogP contribution in [0.2, 0.25) is 0 Å². The molecule has 0 amide bonds. The summed E-state index contributed by atoms with van der Waals surface area (Å²) in [5.74, 6) is 2.11. The number of methoxy groups -OCH3 is 1. The summed E-state index contributed by atoms with van der Waals surface area (Å²) in [4.78, 5) is 0.200. The van der Waals surface area contributed by atoms with Crippen LogP contribution in [0.25, 0.3) is 0 Å². The molecule has 5 nitrogen and oxygen atoms in total. The molecule has 6 heteroatoms. The number of sulfone groups is 1. The maximum atomic E-state index is 11.8. The summed E-state index contributed by atoms with van der Waals surface area (Å²) in [7, 11) is -1.84. The lowest BCUT2D eigenvalue weighted by atomic mass is 10.1. The first kappa shape index (κ1) is 17.6. The van der Waals surface area contributed by atoms with Crippen LogP contribution in [-0.4, -0.2) is 21.8 Å². The van der Waals surface area contributed by atoms with Crippen LogP contribution in [0, 0.1) is 6.92 Å². The predicted octanol–water partition coefficient (Wildman–Crippen LogP) is 3.41. The Labute approximate surface area is 137 Å². The molecule has 1 aromatic heterocycles. The van der Waals surface area contributed by atoms with E-state index in [9.17, 15) is 8.42 Å². The highest BCUT2D eigenvalue weighted by Crippen LogP contribution is 2.28. The quantitative estimate of drug-likeness (QED) is 0.875. The van der Waals surface area contributed by atoms with E-state index in [4.69, 9.17) is 9.15 Å². The summed E-state index contributed by atoms with van der Waals surface area (Å²) in [5.41, 5.74) is 0.948. The van der Waals surface area contributed by atoms with Crippen LogP contribution in [-0.2, 0) is 9.84 Å². The van der Waals surface area contributed by atoms with E-state index in [1.54, 1.807) is 18.2 Å². The summed E-state index contributed by atoms with van der Waals surface area (Å²) in [6.07, 6.45) is 1.17. The number of benzene rings is 1. The number of hydrogen-bond donors (Lipinski definition) is 1. The molecule has 0 bridgehead atoms. The third kappa shape index (κ3) is 4.14. The normalized spacial score (nSPS) is 14.5. The Morgan fingerprint density at radius 1 is 1.13 bits per heavy atom. The molecule has 0 radical (unpaired) electrons. The zero-order chi connectivity index (χ0) is 17.2. The molecule has 0 spiro atoms. The molecule has 0 saturated heterocycles. The summed E-state index contributed by atoms with van der Waals surface area (Å²) in [5, 5.41) is 3.44. The Morgan fingerprint density at radius 3 is 2.35 bits per heavy atom. The van der Waals surface area contributed by atoms with Crippen molar-refractivity contribution in [2.75, 3.05) is 13.4 Å². The van der Waals surface area contributed by atoms with Gasteiger partial charge in [-0.15, -0.1) is 0 Å². The van der Waals surface area contributed by atoms with Gasteiger partial charge in [-0.25, -0.2) is 8.42 Å². The minimum absolute atomic E-state index is 0.0120. The highest BCUT2D eigenvalue weighted by molar-refractivity contribution is 7.90. The second kappa shape index (κ2) is 6.76. The second-order valence-electron chi connectivity index (χ2n) is 5.74. The molecule has 2 atom stereocenters. The van der Waals surface area contributed by atoms with E-state index in [0.717, 1.165) is 17.1 Å². The molecule has 0 saturated carbocycles. The van der Waals surface area contributed by atoms with E-state index in [-0.39, 0.29) is 17.0 Å². The summed E-state index contributed by atoms with van der Waals surface area (Å²) in [6, 6.07) is 9.08. The van der Waals surface area contributed by atoms with Crippen molar-refractivity contribution in [1.82, 2.24) is 5.32 Å². The summed E-state index contributed by atoms with van der Waals surface area (Å²) >= 11 is 0. The van der Waals surface area contributed by atoms with Gasteiger partial charge in [0.05, 0.1) is 13.2 Å². The Morgan fingerprint density at radius 2 is 1.83 bits per heavy atom. The Bertz CT molecular complexity index is 780. The van der Waals surface area contributed by atoms with E-state index in [2.05, 4.69) is 5.32 Å². The number of furan rings is 1. The number of nitrogens with one attached hydrogen (secondary N) is 1. The van der Waals surface area contributed by atoms with Gasteiger partial charge in [-0.2, -0.15) is 0 Å². The van der Waals surface area contributed by atoms with Gasteiger partial charge in [0.15, 0.2) is 9.84 Å². The average Bonchev–Trinajstić information content (AvgIpc) is 2.92. The third-order valence-electron chi connectivity index (χ3n) is 3.78. The topological polar surface area (TPSA) is 68.5 Å². The lowest BCUT2D eigenvalue weighted by Gasteiger charge is -2.20. The molecule has 0 aliphatic rings. The monoisotopic (exact) mass is 337 g/mol. The first-order valence-corrected chi connectivity index (χ1v) is 9.32. The van der Waals surface area contributed by atoms with Gasteiger partial charge >= 0.3 is 0 Å². The lowest BCUT2D eigenvalue weighted by Crippen LogP contribution is -2.22. The number of rotatable bonds is 6. The molecule has 1 aromatic carbocycles. The van der Waals surface area contributed by atoms with Crippen molar-refractivity contribution < 1.29 is 17.6 Å². The van der Waals surface area contributed by atoms with Crippen LogP contribution in [0.15, 0.2) is 39.6 Å². The fourth-order valence-corrected chi connectivity index (χ4v) is 3.32. The first-order valence-electron chi connectivity index (χ1n) is 7.42. The van der Waals surface area contributed by atoms with Crippen LogP contribution < -0.4 is 10.1 Å². The van der Waals surface area contributed by atoms with Crippen LogP contribution >= 0.6 is 0 Å². The van der Waals surface area contributed by atoms with Crippen molar-refractivity contribution in [2.45, 2.75) is 37.8 Å². The molecule has 2 rings (SSSR count). The Balaban J connectivity index is 2.21. The van der Waals surface area contributed by atoms with Gasteiger partial charge in [0.2, 0.25) is 0 Å². The van der Waals surface area contributed by atoms with Gasteiger partial charge < -0.3 is 14.5 Å². The molecule has 0 fully saturated rings. The van der Waals surface area contributed by atoms with Crippen LogP contribution in [0.1, 0.15) is 43.0 Å². The maximum Gasteiger partial charge on any atom is 0.179 e. The molecular weight excluding hydrogens is 314 g/mol. The molecule has 2 aromatic rings. The molecule has 0 aliphatic heterocycles. The van der Waals surface area contributed by atoms with Gasteiger partial charge in [-0.1, -0.05) is 6.07 Å². The van der Waals surface area contributed by atoms with Crippen molar-refractivity contribution in [2.24, 2.45) is 0 Å². The van der Waals surface area contributed by atoms with Crippen molar-refractivity contribution in [3.8, 4) is 5.75 Å². The zero-order valence-electron chi connectivity index (χ0n) is 14.1. The fourth-order valence-electron chi connectivity index (χ4n) is 2.50. The van der Waals surface area contributed by atoms with E-state index in [1.807, 2.05) is 32.9 Å². The largest absolute Gasteiger partial charge is 0.495 e. The molecule has 126 valence electrons. The van der Waals surface area contributed by atoms with Crippen molar-refractivity contribution in [3.05, 3.63) is 47.4 Å². The number of aryl methyl sites for hydroxylation is 1. The smallest absolute Gasteiger partial charge is 0.179 e. The molecule has 2 unspecified atom stereocenters. The van der Waals surface area contributed by atoms with E-state index in [1.165, 1.54) is 13.4 Å². The van der Waals surface area contributed by atoms with Crippen molar-refractivity contribution in [1.29, 1.82) is 0 Å². The van der Waals surface area contributed by atoms with E-state index >= 15 is 0 Å².